The summed E-state index contributed by atoms with van der Waals surface area (Å²) in [5, 5.41) is 4.06. The van der Waals surface area contributed by atoms with Crippen molar-refractivity contribution in [3.63, 3.8) is 0 Å². The molecule has 5 nitrogen and oxygen atoms in total. The fourth-order valence-corrected chi connectivity index (χ4v) is 5.17. The third kappa shape index (κ3) is 4.87. The maximum absolute atomic E-state index is 12.9. The molecule has 2 unspecified atom stereocenters. The Bertz CT molecular complexity index is 948. The van der Waals surface area contributed by atoms with Crippen LogP contribution in [0.1, 0.15) is 31.4 Å². The van der Waals surface area contributed by atoms with Crippen molar-refractivity contribution in [2.45, 2.75) is 30.7 Å². The second-order valence-corrected chi connectivity index (χ2v) is 9.75. The lowest BCUT2D eigenvalue weighted by atomic mass is 9.98. The van der Waals surface area contributed by atoms with Gasteiger partial charge >= 0.3 is 0 Å². The number of nitrogens with zero attached hydrogens (tertiary/aromatic N) is 1. The minimum Gasteiger partial charge on any atom is -0.349 e. The van der Waals surface area contributed by atoms with E-state index in [1.54, 1.807) is 18.2 Å². The number of sulfonamides is 1. The SMILES string of the molecule is CC(NC(=O)C1CCCN(S(=O)(=O)c2ccc(Cl)cc2)C1)c1cccc(Cl)c1. The number of carbonyl (C=O) groups excluding carboxylic acids is 1. The van der Waals surface area contributed by atoms with E-state index in [9.17, 15) is 13.2 Å². The van der Waals surface area contributed by atoms with Crippen LogP contribution in [0.5, 0.6) is 0 Å². The molecule has 1 fully saturated rings. The van der Waals surface area contributed by atoms with Gasteiger partial charge in [-0.25, -0.2) is 8.42 Å². The Kier molecular flexibility index (Phi) is 6.65. The molecule has 2 atom stereocenters. The Morgan fingerprint density at radius 1 is 1.14 bits per heavy atom. The topological polar surface area (TPSA) is 66.5 Å². The summed E-state index contributed by atoms with van der Waals surface area (Å²) in [6.07, 6.45) is 1.29. The van der Waals surface area contributed by atoms with E-state index in [-0.39, 0.29) is 23.4 Å². The Morgan fingerprint density at radius 2 is 1.86 bits per heavy atom. The molecule has 1 aliphatic rings. The van der Waals surface area contributed by atoms with Gasteiger partial charge in [0, 0.05) is 23.1 Å². The van der Waals surface area contributed by atoms with Gasteiger partial charge in [0.15, 0.2) is 0 Å². The van der Waals surface area contributed by atoms with Gasteiger partial charge in [0.05, 0.1) is 16.9 Å². The second-order valence-electron chi connectivity index (χ2n) is 6.94. The lowest BCUT2D eigenvalue weighted by Gasteiger charge is -2.32. The Morgan fingerprint density at radius 3 is 2.54 bits per heavy atom. The molecule has 0 saturated carbocycles. The molecule has 0 radical (unpaired) electrons. The van der Waals surface area contributed by atoms with Gasteiger partial charge < -0.3 is 5.32 Å². The number of carbonyl (C=O) groups is 1. The molecular formula is C20H22Cl2N2O3S. The van der Waals surface area contributed by atoms with Crippen molar-refractivity contribution < 1.29 is 13.2 Å². The van der Waals surface area contributed by atoms with E-state index >= 15 is 0 Å². The van der Waals surface area contributed by atoms with Crippen LogP contribution in [0.4, 0.5) is 0 Å². The minimum absolute atomic E-state index is 0.150. The molecule has 0 aromatic heterocycles. The summed E-state index contributed by atoms with van der Waals surface area (Å²) in [6.45, 7) is 2.45. The molecule has 1 aliphatic heterocycles. The van der Waals surface area contributed by atoms with E-state index in [4.69, 9.17) is 23.2 Å². The van der Waals surface area contributed by atoms with E-state index in [0.29, 0.717) is 29.4 Å². The summed E-state index contributed by atoms with van der Waals surface area (Å²) in [6, 6.07) is 13.2. The van der Waals surface area contributed by atoms with E-state index in [1.165, 1.54) is 16.4 Å². The van der Waals surface area contributed by atoms with Crippen LogP contribution in [0.2, 0.25) is 10.0 Å². The number of piperidine rings is 1. The molecule has 150 valence electrons. The zero-order valence-electron chi connectivity index (χ0n) is 15.4. The monoisotopic (exact) mass is 440 g/mol. The molecule has 0 spiro atoms. The van der Waals surface area contributed by atoms with E-state index in [0.717, 1.165) is 5.56 Å². The standard InChI is InChI=1S/C20H22Cl2N2O3S/c1-14(15-4-2-6-18(22)12-15)23-20(25)16-5-3-11-24(13-16)28(26,27)19-9-7-17(21)8-10-19/h2,4,6-10,12,14,16H,3,5,11,13H2,1H3,(H,23,25). The van der Waals surface area contributed by atoms with Crippen LogP contribution in [-0.4, -0.2) is 31.7 Å². The van der Waals surface area contributed by atoms with Gasteiger partial charge in [0.25, 0.3) is 0 Å². The predicted octanol–water partition coefficient (Wildman–Crippen LogP) is 4.27. The summed E-state index contributed by atoms with van der Waals surface area (Å²) in [4.78, 5) is 12.9. The molecular weight excluding hydrogens is 419 g/mol. The van der Waals surface area contributed by atoms with Crippen LogP contribution in [0, 0.1) is 5.92 Å². The number of benzene rings is 2. The third-order valence-corrected chi connectivity index (χ3v) is 7.28. The van der Waals surface area contributed by atoms with Gasteiger partial charge in [-0.3, -0.25) is 4.79 Å². The lowest BCUT2D eigenvalue weighted by Crippen LogP contribution is -2.45. The number of rotatable bonds is 5. The van der Waals surface area contributed by atoms with Gasteiger partial charge in [-0.2, -0.15) is 4.31 Å². The van der Waals surface area contributed by atoms with Gasteiger partial charge in [0.1, 0.15) is 0 Å². The van der Waals surface area contributed by atoms with E-state index in [2.05, 4.69) is 5.32 Å². The maximum atomic E-state index is 12.9. The van der Waals surface area contributed by atoms with Gasteiger partial charge in [0.2, 0.25) is 15.9 Å². The molecule has 1 saturated heterocycles. The predicted molar refractivity (Wildman–Crippen MR) is 111 cm³/mol. The normalized spacial score (nSPS) is 19.2. The first-order valence-corrected chi connectivity index (χ1v) is 11.3. The van der Waals surface area contributed by atoms with Crippen LogP contribution in [0.15, 0.2) is 53.4 Å². The molecule has 0 aliphatic carbocycles. The second kappa shape index (κ2) is 8.82. The van der Waals surface area contributed by atoms with Gasteiger partial charge in [-0.15, -0.1) is 0 Å². The highest BCUT2D eigenvalue weighted by Crippen LogP contribution is 2.26. The van der Waals surface area contributed by atoms with E-state index < -0.39 is 15.9 Å². The quantitative estimate of drug-likeness (QED) is 0.754. The molecule has 1 amide bonds. The molecule has 1 N–H and O–H groups in total. The summed E-state index contributed by atoms with van der Waals surface area (Å²) < 4.78 is 27.2. The van der Waals surface area contributed by atoms with Crippen molar-refractivity contribution in [1.29, 1.82) is 0 Å². The highest BCUT2D eigenvalue weighted by molar-refractivity contribution is 7.89. The zero-order valence-corrected chi connectivity index (χ0v) is 17.8. The molecule has 0 bridgehead atoms. The molecule has 3 rings (SSSR count). The highest BCUT2D eigenvalue weighted by Gasteiger charge is 2.33. The van der Waals surface area contributed by atoms with E-state index in [1.807, 2.05) is 25.1 Å². The van der Waals surface area contributed by atoms with Gasteiger partial charge in [-0.05, 0) is 61.7 Å². The average Bonchev–Trinajstić information content (AvgIpc) is 2.68. The van der Waals surface area contributed by atoms with Crippen molar-refractivity contribution in [1.82, 2.24) is 9.62 Å². The molecule has 2 aromatic carbocycles. The van der Waals surface area contributed by atoms with Crippen molar-refractivity contribution in [3.05, 3.63) is 64.1 Å². The molecule has 8 heteroatoms. The Labute approximate surface area is 175 Å². The van der Waals surface area contributed by atoms with Crippen LogP contribution in [0.3, 0.4) is 0 Å². The Balaban J connectivity index is 1.68. The van der Waals surface area contributed by atoms with Crippen molar-refractivity contribution in [2.24, 2.45) is 5.92 Å². The molecule has 28 heavy (non-hydrogen) atoms. The van der Waals surface area contributed by atoms with Crippen molar-refractivity contribution in [2.75, 3.05) is 13.1 Å². The largest absolute Gasteiger partial charge is 0.349 e. The van der Waals surface area contributed by atoms with Crippen molar-refractivity contribution in [3.8, 4) is 0 Å². The first-order chi connectivity index (χ1) is 13.3. The summed E-state index contributed by atoms with van der Waals surface area (Å²) in [7, 11) is -3.65. The van der Waals surface area contributed by atoms with Crippen LogP contribution >= 0.6 is 23.2 Å². The number of halogens is 2. The summed E-state index contributed by atoms with van der Waals surface area (Å²) in [5.41, 5.74) is 0.905. The minimum atomic E-state index is -3.65. The lowest BCUT2D eigenvalue weighted by molar-refractivity contribution is -0.126. The van der Waals surface area contributed by atoms with Gasteiger partial charge in [-0.1, -0.05) is 35.3 Å². The first kappa shape index (κ1) is 21.1. The average molecular weight is 441 g/mol. The highest BCUT2D eigenvalue weighted by atomic mass is 35.5. The Hall–Kier alpha value is -1.60. The number of hydrogen-bond donors (Lipinski definition) is 1. The van der Waals surface area contributed by atoms with Crippen molar-refractivity contribution >= 4 is 39.1 Å². The van der Waals surface area contributed by atoms with Crippen LogP contribution < -0.4 is 5.32 Å². The van der Waals surface area contributed by atoms with Crippen LogP contribution in [-0.2, 0) is 14.8 Å². The third-order valence-electron chi connectivity index (χ3n) is 4.91. The molecule has 2 aromatic rings. The van der Waals surface area contributed by atoms with Crippen LogP contribution in [0.25, 0.3) is 0 Å². The molecule has 1 heterocycles. The fraction of sp³-hybridized carbons (Fsp3) is 0.350. The zero-order chi connectivity index (χ0) is 20.3. The number of amides is 1. The first-order valence-electron chi connectivity index (χ1n) is 9.09. The summed E-state index contributed by atoms with van der Waals surface area (Å²) in [5.74, 6) is -0.541. The number of nitrogens with one attached hydrogen (secondary N) is 1. The maximum Gasteiger partial charge on any atom is 0.243 e. The fourth-order valence-electron chi connectivity index (χ4n) is 3.32. The summed E-state index contributed by atoms with van der Waals surface area (Å²) >= 11 is 11.9. The number of hydrogen-bond acceptors (Lipinski definition) is 3. The smallest absolute Gasteiger partial charge is 0.243 e.